The molecule has 2 rings (SSSR count). The van der Waals surface area contributed by atoms with Gasteiger partial charge >= 0.3 is 0 Å². The lowest BCUT2D eigenvalue weighted by Crippen LogP contribution is -2.32. The van der Waals surface area contributed by atoms with Crippen LogP contribution in [0.2, 0.25) is 5.02 Å². The molecule has 1 aromatic carbocycles. The Labute approximate surface area is 115 Å². The Kier molecular flexibility index (Phi) is 4.10. The zero-order chi connectivity index (χ0) is 12.3. The van der Waals surface area contributed by atoms with E-state index in [1.165, 1.54) is 12.8 Å². The first-order valence-electron chi connectivity index (χ1n) is 5.71. The first-order chi connectivity index (χ1) is 8.13. The van der Waals surface area contributed by atoms with Crippen molar-refractivity contribution in [2.45, 2.75) is 19.3 Å². The molecule has 1 N–H and O–H groups in total. The minimum atomic E-state index is 0.0690. The summed E-state index contributed by atoms with van der Waals surface area (Å²) in [5, 5.41) is 4.64. The van der Waals surface area contributed by atoms with Gasteiger partial charge in [-0.1, -0.05) is 39.7 Å². The monoisotopic (exact) mass is 315 g/mol. The summed E-state index contributed by atoms with van der Waals surface area (Å²) in [5.74, 6) is 0.0690. The first kappa shape index (κ1) is 12.9. The normalized spacial score (nSPS) is 16.6. The SMILES string of the molecule is O=C(Cc1cccc(Cl)c1)NCC1(CBr)CC1. The van der Waals surface area contributed by atoms with E-state index in [1.807, 2.05) is 24.3 Å². The average Bonchev–Trinajstić information content (AvgIpc) is 3.07. The summed E-state index contributed by atoms with van der Waals surface area (Å²) in [6.07, 6.45) is 2.81. The molecule has 0 spiro atoms. The van der Waals surface area contributed by atoms with Gasteiger partial charge in [0.2, 0.25) is 5.91 Å². The second-order valence-corrected chi connectivity index (χ2v) is 5.71. The molecule has 1 saturated carbocycles. The minimum absolute atomic E-state index is 0.0690. The number of carbonyl (C=O) groups is 1. The molecule has 1 aliphatic rings. The standard InChI is InChI=1S/C13H15BrClNO/c14-8-13(4-5-13)9-16-12(17)7-10-2-1-3-11(15)6-10/h1-3,6H,4-5,7-9H2,(H,16,17). The summed E-state index contributed by atoms with van der Waals surface area (Å²) < 4.78 is 0. The van der Waals surface area contributed by atoms with Crippen LogP contribution < -0.4 is 5.32 Å². The maximum atomic E-state index is 11.7. The Balaban J connectivity index is 1.81. The van der Waals surface area contributed by atoms with Crippen LogP contribution in [0.15, 0.2) is 24.3 Å². The van der Waals surface area contributed by atoms with Gasteiger partial charge < -0.3 is 5.32 Å². The molecule has 1 aliphatic carbocycles. The van der Waals surface area contributed by atoms with Crippen molar-refractivity contribution in [2.75, 3.05) is 11.9 Å². The molecular weight excluding hydrogens is 302 g/mol. The molecule has 0 unspecified atom stereocenters. The topological polar surface area (TPSA) is 29.1 Å². The van der Waals surface area contributed by atoms with Crippen molar-refractivity contribution in [3.05, 3.63) is 34.9 Å². The van der Waals surface area contributed by atoms with Crippen LogP contribution in [0.25, 0.3) is 0 Å². The Bertz CT molecular complexity index is 418. The lowest BCUT2D eigenvalue weighted by atomic mass is 10.1. The third kappa shape index (κ3) is 3.71. The molecule has 1 aromatic rings. The molecule has 0 saturated heterocycles. The first-order valence-corrected chi connectivity index (χ1v) is 7.21. The smallest absolute Gasteiger partial charge is 0.224 e. The van der Waals surface area contributed by atoms with E-state index >= 15 is 0 Å². The number of alkyl halides is 1. The Hall–Kier alpha value is -0.540. The highest BCUT2D eigenvalue weighted by Crippen LogP contribution is 2.46. The van der Waals surface area contributed by atoms with E-state index < -0.39 is 0 Å². The van der Waals surface area contributed by atoms with Crippen molar-refractivity contribution in [3.63, 3.8) is 0 Å². The summed E-state index contributed by atoms with van der Waals surface area (Å²) >= 11 is 9.36. The number of hydrogen-bond donors (Lipinski definition) is 1. The van der Waals surface area contributed by atoms with Gasteiger partial charge in [0.25, 0.3) is 0 Å². The summed E-state index contributed by atoms with van der Waals surface area (Å²) in [7, 11) is 0. The minimum Gasteiger partial charge on any atom is -0.355 e. The predicted octanol–water partition coefficient (Wildman–Crippen LogP) is 3.17. The fourth-order valence-electron chi connectivity index (χ4n) is 1.72. The van der Waals surface area contributed by atoms with Gasteiger partial charge in [0.05, 0.1) is 6.42 Å². The van der Waals surface area contributed by atoms with Crippen LogP contribution in [-0.4, -0.2) is 17.8 Å². The Morgan fingerprint density at radius 2 is 2.24 bits per heavy atom. The van der Waals surface area contributed by atoms with Gasteiger partial charge in [-0.05, 0) is 36.0 Å². The fourth-order valence-corrected chi connectivity index (χ4v) is 2.69. The molecule has 92 valence electrons. The van der Waals surface area contributed by atoms with Crippen LogP contribution in [0.1, 0.15) is 18.4 Å². The van der Waals surface area contributed by atoms with Gasteiger partial charge in [-0.3, -0.25) is 4.79 Å². The zero-order valence-corrected chi connectivity index (χ0v) is 11.9. The average molecular weight is 317 g/mol. The van der Waals surface area contributed by atoms with Crippen LogP contribution >= 0.6 is 27.5 Å². The molecule has 0 aromatic heterocycles. The Morgan fingerprint density at radius 1 is 1.47 bits per heavy atom. The summed E-state index contributed by atoms with van der Waals surface area (Å²) in [4.78, 5) is 11.7. The molecule has 4 heteroatoms. The molecule has 17 heavy (non-hydrogen) atoms. The van der Waals surface area contributed by atoms with E-state index in [-0.39, 0.29) is 5.91 Å². The molecule has 0 atom stereocenters. The molecule has 1 amide bonds. The van der Waals surface area contributed by atoms with E-state index in [4.69, 9.17) is 11.6 Å². The van der Waals surface area contributed by atoms with E-state index in [1.54, 1.807) is 0 Å². The molecule has 0 heterocycles. The number of rotatable bonds is 5. The fraction of sp³-hybridized carbons (Fsp3) is 0.462. The van der Waals surface area contributed by atoms with Gasteiger partial charge in [-0.25, -0.2) is 0 Å². The summed E-state index contributed by atoms with van der Waals surface area (Å²) in [6.45, 7) is 0.775. The van der Waals surface area contributed by atoms with Crippen molar-refractivity contribution in [3.8, 4) is 0 Å². The molecule has 0 radical (unpaired) electrons. The lowest BCUT2D eigenvalue weighted by Gasteiger charge is -2.12. The van der Waals surface area contributed by atoms with Gasteiger partial charge in [0.15, 0.2) is 0 Å². The zero-order valence-electron chi connectivity index (χ0n) is 9.51. The predicted molar refractivity (Wildman–Crippen MR) is 73.6 cm³/mol. The molecule has 0 bridgehead atoms. The second-order valence-electron chi connectivity index (χ2n) is 4.72. The Morgan fingerprint density at radius 3 is 2.82 bits per heavy atom. The summed E-state index contributed by atoms with van der Waals surface area (Å²) in [5.41, 5.74) is 1.28. The van der Waals surface area contributed by atoms with E-state index in [0.29, 0.717) is 16.9 Å². The van der Waals surface area contributed by atoms with Crippen molar-refractivity contribution >= 4 is 33.4 Å². The number of carbonyl (C=O) groups excluding carboxylic acids is 1. The molecule has 2 nitrogen and oxygen atoms in total. The molecule has 1 fully saturated rings. The maximum absolute atomic E-state index is 11.7. The van der Waals surface area contributed by atoms with E-state index in [9.17, 15) is 4.79 Å². The number of amides is 1. The van der Waals surface area contributed by atoms with Gasteiger partial charge in [0, 0.05) is 16.9 Å². The largest absolute Gasteiger partial charge is 0.355 e. The highest BCUT2D eigenvalue weighted by atomic mass is 79.9. The second kappa shape index (κ2) is 5.40. The number of benzene rings is 1. The van der Waals surface area contributed by atoms with Crippen LogP contribution in [0, 0.1) is 5.41 Å². The van der Waals surface area contributed by atoms with Crippen LogP contribution in [0.5, 0.6) is 0 Å². The third-order valence-corrected chi connectivity index (χ3v) is 4.58. The molecular formula is C13H15BrClNO. The maximum Gasteiger partial charge on any atom is 0.224 e. The van der Waals surface area contributed by atoms with Crippen molar-refractivity contribution in [2.24, 2.45) is 5.41 Å². The third-order valence-electron chi connectivity index (χ3n) is 3.15. The van der Waals surface area contributed by atoms with Crippen LogP contribution in [0.4, 0.5) is 0 Å². The van der Waals surface area contributed by atoms with Crippen molar-refractivity contribution < 1.29 is 4.79 Å². The van der Waals surface area contributed by atoms with Crippen molar-refractivity contribution in [1.29, 1.82) is 0 Å². The highest BCUT2D eigenvalue weighted by Gasteiger charge is 2.41. The number of hydrogen-bond acceptors (Lipinski definition) is 1. The number of halogens is 2. The van der Waals surface area contributed by atoms with Gasteiger partial charge in [-0.2, -0.15) is 0 Å². The quantitative estimate of drug-likeness (QED) is 0.831. The number of nitrogens with one attached hydrogen (secondary N) is 1. The van der Waals surface area contributed by atoms with E-state index in [0.717, 1.165) is 17.4 Å². The van der Waals surface area contributed by atoms with Gasteiger partial charge in [-0.15, -0.1) is 0 Å². The highest BCUT2D eigenvalue weighted by molar-refractivity contribution is 9.09. The van der Waals surface area contributed by atoms with Gasteiger partial charge in [0.1, 0.15) is 0 Å². The summed E-state index contributed by atoms with van der Waals surface area (Å²) in [6, 6.07) is 7.43. The van der Waals surface area contributed by atoms with Crippen molar-refractivity contribution in [1.82, 2.24) is 5.32 Å². The van der Waals surface area contributed by atoms with E-state index in [2.05, 4.69) is 21.2 Å². The molecule has 0 aliphatic heterocycles. The lowest BCUT2D eigenvalue weighted by molar-refractivity contribution is -0.120. The van der Waals surface area contributed by atoms with Crippen LogP contribution in [0.3, 0.4) is 0 Å². The van der Waals surface area contributed by atoms with Crippen LogP contribution in [-0.2, 0) is 11.2 Å².